The van der Waals surface area contributed by atoms with Gasteiger partial charge < -0.3 is 0 Å². The van der Waals surface area contributed by atoms with E-state index >= 15 is 0 Å². The maximum absolute atomic E-state index is 11.1. The van der Waals surface area contributed by atoms with E-state index in [2.05, 4.69) is 6.58 Å². The van der Waals surface area contributed by atoms with Gasteiger partial charge in [0, 0.05) is 25.1 Å². The summed E-state index contributed by atoms with van der Waals surface area (Å²) in [4.78, 5) is 43.3. The summed E-state index contributed by atoms with van der Waals surface area (Å²) in [7, 11) is 0. The van der Waals surface area contributed by atoms with Crippen molar-refractivity contribution in [2.45, 2.75) is 25.7 Å². The largest absolute Gasteiger partial charge is 0.281 e. The zero-order valence-electron chi connectivity index (χ0n) is 10.8. The molecule has 5 nitrogen and oxygen atoms in total. The number of nitrogens with zero attached hydrogens (tertiary/aromatic N) is 1. The Bertz CT molecular complexity index is 414. The molecule has 0 N–H and O–H groups in total. The van der Waals surface area contributed by atoms with E-state index in [0.717, 1.165) is 12.5 Å². The average Bonchev–Trinajstić information content (AvgIpc) is 2.70. The van der Waals surface area contributed by atoms with Gasteiger partial charge in [-0.05, 0) is 42.1 Å². The number of allylic oxidation sites excluding steroid dienone is 1. The zero-order valence-corrected chi connectivity index (χ0v) is 12.3. The van der Waals surface area contributed by atoms with Gasteiger partial charge in [-0.25, -0.2) is 0 Å². The molecule has 0 saturated carbocycles. The lowest BCUT2D eigenvalue weighted by molar-refractivity contribution is -0.136. The molecule has 0 aromatic rings. The molecule has 1 rings (SSSR count). The number of carbonyl (C=O) groups is 4. The number of halogens is 2. The topological polar surface area (TPSA) is 71.5 Å². The van der Waals surface area contributed by atoms with Crippen LogP contribution in [0.25, 0.3) is 0 Å². The molecule has 0 aromatic heterocycles. The van der Waals surface area contributed by atoms with E-state index in [9.17, 15) is 19.2 Å². The molecule has 0 aromatic carbocycles. The van der Waals surface area contributed by atoms with Gasteiger partial charge in [-0.1, -0.05) is 13.0 Å². The number of hydrogen-bond acceptors (Lipinski definition) is 4. The van der Waals surface area contributed by atoms with Gasteiger partial charge in [-0.3, -0.25) is 24.1 Å². The fraction of sp³-hybridized carbons (Fsp3) is 0.385. The number of rotatable bonds is 7. The molecule has 1 heterocycles. The predicted octanol–water partition coefficient (Wildman–Crippen LogP) is 2.17. The molecule has 0 fully saturated rings. The molecular formula is C13H15Cl2NO4. The molecule has 0 saturated heterocycles. The van der Waals surface area contributed by atoms with Gasteiger partial charge in [0.05, 0.1) is 0 Å². The molecule has 0 radical (unpaired) electrons. The summed E-state index contributed by atoms with van der Waals surface area (Å²) < 4.78 is 0. The van der Waals surface area contributed by atoms with Crippen LogP contribution in [0.15, 0.2) is 24.8 Å². The van der Waals surface area contributed by atoms with Gasteiger partial charge in [-0.15, -0.1) is 0 Å². The Hall–Kier alpha value is -1.46. The Kier molecular flexibility index (Phi) is 9.59. The first-order chi connectivity index (χ1) is 9.38. The van der Waals surface area contributed by atoms with Crippen LogP contribution in [0.5, 0.6) is 0 Å². The van der Waals surface area contributed by atoms with Crippen LogP contribution in [0.1, 0.15) is 25.7 Å². The van der Waals surface area contributed by atoms with Crippen molar-refractivity contribution in [1.29, 1.82) is 0 Å². The summed E-state index contributed by atoms with van der Waals surface area (Å²) in [6.45, 7) is 3.50. The van der Waals surface area contributed by atoms with E-state index in [0.29, 0.717) is 25.8 Å². The second-order valence-electron chi connectivity index (χ2n) is 3.84. The molecule has 0 bridgehead atoms. The van der Waals surface area contributed by atoms with Crippen molar-refractivity contribution < 1.29 is 19.2 Å². The summed E-state index contributed by atoms with van der Waals surface area (Å²) in [6, 6.07) is 0. The van der Waals surface area contributed by atoms with Crippen molar-refractivity contribution in [3.05, 3.63) is 24.8 Å². The van der Waals surface area contributed by atoms with Gasteiger partial charge in [0.25, 0.3) is 11.8 Å². The van der Waals surface area contributed by atoms with Crippen molar-refractivity contribution in [2.24, 2.45) is 0 Å². The zero-order chi connectivity index (χ0) is 15.5. The smallest absolute Gasteiger partial charge is 0.253 e. The third kappa shape index (κ3) is 8.61. The molecule has 7 heteroatoms. The average molecular weight is 320 g/mol. The summed E-state index contributed by atoms with van der Waals surface area (Å²) in [6.07, 6.45) is 6.13. The number of imide groups is 1. The molecule has 1 aliphatic rings. The van der Waals surface area contributed by atoms with E-state index in [-0.39, 0.29) is 17.1 Å². The molecular weight excluding hydrogens is 305 g/mol. The molecule has 0 unspecified atom stereocenters. The summed E-state index contributed by atoms with van der Waals surface area (Å²) in [5, 5.41) is -0.852. The minimum absolute atomic E-state index is 0.256. The highest BCUT2D eigenvalue weighted by molar-refractivity contribution is 6.66. The second-order valence-corrected chi connectivity index (χ2v) is 4.63. The van der Waals surface area contributed by atoms with Crippen LogP contribution in [0, 0.1) is 0 Å². The van der Waals surface area contributed by atoms with Crippen molar-refractivity contribution in [2.75, 3.05) is 6.54 Å². The Labute approximate surface area is 127 Å². The standard InChI is InChI=1S/C10H12ClNO3.C3H3ClO/c11-8(13)4-2-1-3-7-12-9(14)5-6-10(12)15;1-2-3(4)5/h5-6H,1-4,7H2;2H,1H2. The summed E-state index contributed by atoms with van der Waals surface area (Å²) in [5.74, 6) is -0.512. The van der Waals surface area contributed by atoms with Crippen molar-refractivity contribution >= 4 is 45.5 Å². The van der Waals surface area contributed by atoms with Gasteiger partial charge in [-0.2, -0.15) is 0 Å². The monoisotopic (exact) mass is 319 g/mol. The molecule has 0 aliphatic carbocycles. The Balaban J connectivity index is 0.000000621. The summed E-state index contributed by atoms with van der Waals surface area (Å²) >= 11 is 9.87. The van der Waals surface area contributed by atoms with Crippen molar-refractivity contribution in [3.63, 3.8) is 0 Å². The van der Waals surface area contributed by atoms with Crippen LogP contribution in [0.3, 0.4) is 0 Å². The van der Waals surface area contributed by atoms with Gasteiger partial charge in [0.1, 0.15) is 0 Å². The Morgan fingerprint density at radius 2 is 1.60 bits per heavy atom. The van der Waals surface area contributed by atoms with Gasteiger partial charge in [0.15, 0.2) is 0 Å². The van der Waals surface area contributed by atoms with Crippen molar-refractivity contribution in [1.82, 2.24) is 4.90 Å². The minimum Gasteiger partial charge on any atom is -0.281 e. The van der Waals surface area contributed by atoms with Crippen LogP contribution < -0.4 is 0 Å². The number of amides is 2. The Morgan fingerprint density at radius 1 is 1.10 bits per heavy atom. The van der Waals surface area contributed by atoms with E-state index in [1.54, 1.807) is 0 Å². The summed E-state index contributed by atoms with van der Waals surface area (Å²) in [5.41, 5.74) is 0. The van der Waals surface area contributed by atoms with Crippen LogP contribution in [-0.4, -0.2) is 33.7 Å². The minimum atomic E-state index is -0.509. The number of hydrogen-bond donors (Lipinski definition) is 0. The lowest BCUT2D eigenvalue weighted by atomic mass is 10.2. The quantitative estimate of drug-likeness (QED) is 0.312. The lowest BCUT2D eigenvalue weighted by Crippen LogP contribution is -2.30. The Morgan fingerprint density at radius 3 is 2.00 bits per heavy atom. The molecule has 0 atom stereocenters. The highest BCUT2D eigenvalue weighted by atomic mass is 35.5. The van der Waals surface area contributed by atoms with E-state index in [1.165, 1.54) is 17.1 Å². The van der Waals surface area contributed by atoms with Crippen molar-refractivity contribution in [3.8, 4) is 0 Å². The lowest BCUT2D eigenvalue weighted by Gasteiger charge is -2.12. The first-order valence-electron chi connectivity index (χ1n) is 5.92. The molecule has 2 amide bonds. The van der Waals surface area contributed by atoms with Gasteiger partial charge >= 0.3 is 0 Å². The first kappa shape index (κ1) is 18.5. The maximum Gasteiger partial charge on any atom is 0.253 e. The third-order valence-electron chi connectivity index (χ3n) is 2.32. The highest BCUT2D eigenvalue weighted by Crippen LogP contribution is 2.08. The second kappa shape index (κ2) is 10.3. The highest BCUT2D eigenvalue weighted by Gasteiger charge is 2.21. The molecule has 0 spiro atoms. The van der Waals surface area contributed by atoms with Crippen LogP contribution in [-0.2, 0) is 19.2 Å². The number of carbonyl (C=O) groups excluding carboxylic acids is 4. The maximum atomic E-state index is 11.1. The fourth-order valence-electron chi connectivity index (χ4n) is 1.36. The predicted molar refractivity (Wildman–Crippen MR) is 76.2 cm³/mol. The van der Waals surface area contributed by atoms with Crippen LogP contribution >= 0.6 is 23.2 Å². The first-order valence-corrected chi connectivity index (χ1v) is 6.67. The van der Waals surface area contributed by atoms with Crippen LogP contribution in [0.4, 0.5) is 0 Å². The molecule has 20 heavy (non-hydrogen) atoms. The molecule has 1 aliphatic heterocycles. The third-order valence-corrected chi connectivity index (χ3v) is 2.66. The van der Waals surface area contributed by atoms with Gasteiger partial charge in [0.2, 0.25) is 10.5 Å². The normalized spacial score (nSPS) is 13.0. The molecule has 110 valence electrons. The number of unbranched alkanes of at least 4 members (excludes halogenated alkanes) is 2. The SMILES string of the molecule is C=CC(=O)Cl.O=C(Cl)CCCCCN1C(=O)C=CC1=O. The van der Waals surface area contributed by atoms with E-state index < -0.39 is 5.24 Å². The van der Waals surface area contributed by atoms with E-state index in [1.807, 2.05) is 0 Å². The van der Waals surface area contributed by atoms with E-state index in [4.69, 9.17) is 23.2 Å². The van der Waals surface area contributed by atoms with Crippen LogP contribution in [0.2, 0.25) is 0 Å². The fourth-order valence-corrected chi connectivity index (χ4v) is 1.50.